The Bertz CT molecular complexity index is 599. The van der Waals surface area contributed by atoms with Gasteiger partial charge in [-0.1, -0.05) is 17.7 Å². The Kier molecular flexibility index (Phi) is 3.48. The van der Waals surface area contributed by atoms with Crippen molar-refractivity contribution in [2.24, 2.45) is 0 Å². The minimum Gasteiger partial charge on any atom is -0.340 e. The highest BCUT2D eigenvalue weighted by molar-refractivity contribution is 6.30. The number of aromatic nitrogens is 2. The monoisotopic (exact) mass is 265 g/mol. The summed E-state index contributed by atoms with van der Waals surface area (Å²) in [6.07, 6.45) is 0. The molecule has 0 bridgehead atoms. The van der Waals surface area contributed by atoms with E-state index in [-0.39, 0.29) is 5.82 Å². The molecule has 0 radical (unpaired) electrons. The molecule has 94 valence electrons. The Labute approximate surface area is 110 Å². The lowest BCUT2D eigenvalue weighted by Crippen LogP contribution is -2.01. The smallest absolute Gasteiger partial charge is 0.138 e. The van der Waals surface area contributed by atoms with E-state index < -0.39 is 0 Å². The van der Waals surface area contributed by atoms with Crippen molar-refractivity contribution in [3.05, 3.63) is 46.1 Å². The van der Waals surface area contributed by atoms with Crippen LogP contribution in [0, 0.1) is 26.6 Å². The minimum atomic E-state index is -0.255. The van der Waals surface area contributed by atoms with Gasteiger partial charge in [0.05, 0.1) is 0 Å². The molecule has 0 unspecified atom stereocenters. The van der Waals surface area contributed by atoms with E-state index in [0.29, 0.717) is 28.0 Å². The maximum Gasteiger partial charge on any atom is 0.138 e. The second-order valence-electron chi connectivity index (χ2n) is 4.12. The first kappa shape index (κ1) is 12.8. The van der Waals surface area contributed by atoms with Crippen LogP contribution in [0.15, 0.2) is 18.2 Å². The van der Waals surface area contributed by atoms with Crippen LogP contribution < -0.4 is 5.32 Å². The van der Waals surface area contributed by atoms with Gasteiger partial charge < -0.3 is 5.32 Å². The van der Waals surface area contributed by atoms with E-state index in [1.807, 2.05) is 6.92 Å². The Morgan fingerprint density at radius 3 is 2.56 bits per heavy atom. The first-order chi connectivity index (χ1) is 8.47. The number of hydrogen-bond acceptors (Lipinski definition) is 3. The summed E-state index contributed by atoms with van der Waals surface area (Å²) in [5.74, 6) is 0.908. The molecule has 2 aromatic rings. The van der Waals surface area contributed by atoms with E-state index in [1.54, 1.807) is 26.0 Å². The molecule has 0 amide bonds. The number of nitrogens with one attached hydrogen (secondary N) is 1. The number of rotatable bonds is 2. The van der Waals surface area contributed by atoms with E-state index in [9.17, 15) is 4.39 Å². The predicted molar refractivity (Wildman–Crippen MR) is 70.9 cm³/mol. The maximum atomic E-state index is 13.4. The lowest BCUT2D eigenvalue weighted by atomic mass is 10.2. The van der Waals surface area contributed by atoms with Gasteiger partial charge in [0.15, 0.2) is 0 Å². The molecule has 0 aliphatic carbocycles. The first-order valence-corrected chi connectivity index (χ1v) is 5.89. The van der Waals surface area contributed by atoms with E-state index in [0.717, 1.165) is 5.56 Å². The molecule has 0 aliphatic heterocycles. The third kappa shape index (κ3) is 2.59. The summed E-state index contributed by atoms with van der Waals surface area (Å²) in [6.45, 7) is 5.29. The molecule has 1 N–H and O–H groups in total. The number of aryl methyl sites for hydroxylation is 2. The zero-order valence-electron chi connectivity index (χ0n) is 10.4. The van der Waals surface area contributed by atoms with Gasteiger partial charge >= 0.3 is 0 Å². The molecule has 3 nitrogen and oxygen atoms in total. The maximum absolute atomic E-state index is 13.4. The van der Waals surface area contributed by atoms with Gasteiger partial charge in [0.1, 0.15) is 22.6 Å². The van der Waals surface area contributed by atoms with Gasteiger partial charge in [-0.25, -0.2) is 14.4 Å². The van der Waals surface area contributed by atoms with Gasteiger partial charge in [-0.05, 0) is 38.5 Å². The summed E-state index contributed by atoms with van der Waals surface area (Å²) in [5, 5.41) is 3.45. The Hall–Kier alpha value is -1.68. The number of nitrogens with zero attached hydrogens (tertiary/aromatic N) is 2. The van der Waals surface area contributed by atoms with Crippen LogP contribution in [0.25, 0.3) is 0 Å². The van der Waals surface area contributed by atoms with Crippen LogP contribution in [0.5, 0.6) is 0 Å². The quantitative estimate of drug-likeness (QED) is 0.836. The Morgan fingerprint density at radius 2 is 1.89 bits per heavy atom. The van der Waals surface area contributed by atoms with Gasteiger partial charge in [-0.15, -0.1) is 0 Å². The van der Waals surface area contributed by atoms with Gasteiger partial charge in [-0.2, -0.15) is 0 Å². The lowest BCUT2D eigenvalue weighted by Gasteiger charge is -2.10. The van der Waals surface area contributed by atoms with Crippen molar-refractivity contribution in [3.63, 3.8) is 0 Å². The fraction of sp³-hybridized carbons (Fsp3) is 0.231. The van der Waals surface area contributed by atoms with Crippen LogP contribution in [-0.2, 0) is 0 Å². The molecule has 0 aliphatic rings. The normalized spacial score (nSPS) is 10.5. The summed E-state index contributed by atoms with van der Waals surface area (Å²) in [5.41, 5.74) is 1.98. The number of halogens is 2. The molecule has 1 aromatic carbocycles. The third-order valence-corrected chi connectivity index (χ3v) is 3.00. The summed E-state index contributed by atoms with van der Waals surface area (Å²) in [4.78, 5) is 8.30. The van der Waals surface area contributed by atoms with Crippen LogP contribution in [0.4, 0.5) is 15.9 Å². The summed E-state index contributed by atoms with van der Waals surface area (Å²) < 4.78 is 13.4. The van der Waals surface area contributed by atoms with E-state index in [2.05, 4.69) is 15.3 Å². The van der Waals surface area contributed by atoms with Crippen molar-refractivity contribution >= 4 is 23.1 Å². The zero-order valence-corrected chi connectivity index (χ0v) is 11.1. The average molecular weight is 266 g/mol. The van der Waals surface area contributed by atoms with Crippen molar-refractivity contribution in [3.8, 4) is 0 Å². The topological polar surface area (TPSA) is 37.8 Å². The Morgan fingerprint density at radius 1 is 1.17 bits per heavy atom. The van der Waals surface area contributed by atoms with Crippen LogP contribution in [0.3, 0.4) is 0 Å². The van der Waals surface area contributed by atoms with Crippen molar-refractivity contribution < 1.29 is 4.39 Å². The Balaban J connectivity index is 2.36. The van der Waals surface area contributed by atoms with Crippen molar-refractivity contribution in [1.82, 2.24) is 9.97 Å². The summed E-state index contributed by atoms with van der Waals surface area (Å²) >= 11 is 5.98. The predicted octanol–water partition coefficient (Wildman–Crippen LogP) is 3.94. The molecule has 0 fully saturated rings. The standard InChI is InChI=1S/C13H13ClFN3/c1-7-4-5-10(6-11(7)15)18-13-8(2)12(14)16-9(3)17-13/h4-6H,1-3H3,(H,16,17,18). The average Bonchev–Trinajstić information content (AvgIpc) is 2.30. The van der Waals surface area contributed by atoms with Crippen molar-refractivity contribution in [1.29, 1.82) is 0 Å². The minimum absolute atomic E-state index is 0.255. The van der Waals surface area contributed by atoms with Gasteiger partial charge in [0.25, 0.3) is 0 Å². The van der Waals surface area contributed by atoms with Crippen molar-refractivity contribution in [2.45, 2.75) is 20.8 Å². The van der Waals surface area contributed by atoms with Crippen LogP contribution >= 0.6 is 11.6 Å². The summed E-state index contributed by atoms with van der Waals surface area (Å²) in [7, 11) is 0. The van der Waals surface area contributed by atoms with Crippen LogP contribution in [0.1, 0.15) is 17.0 Å². The highest BCUT2D eigenvalue weighted by atomic mass is 35.5. The molecule has 0 atom stereocenters. The van der Waals surface area contributed by atoms with Gasteiger partial charge in [-0.3, -0.25) is 0 Å². The lowest BCUT2D eigenvalue weighted by molar-refractivity contribution is 0.619. The fourth-order valence-corrected chi connectivity index (χ4v) is 1.74. The first-order valence-electron chi connectivity index (χ1n) is 5.51. The second kappa shape index (κ2) is 4.90. The molecule has 1 aromatic heterocycles. The van der Waals surface area contributed by atoms with E-state index in [1.165, 1.54) is 6.07 Å². The largest absolute Gasteiger partial charge is 0.340 e. The molecule has 0 saturated heterocycles. The highest BCUT2D eigenvalue weighted by Crippen LogP contribution is 2.24. The van der Waals surface area contributed by atoms with Crippen molar-refractivity contribution in [2.75, 3.05) is 5.32 Å². The zero-order chi connectivity index (χ0) is 13.3. The van der Waals surface area contributed by atoms with Crippen LogP contribution in [0.2, 0.25) is 5.15 Å². The van der Waals surface area contributed by atoms with E-state index >= 15 is 0 Å². The van der Waals surface area contributed by atoms with Crippen LogP contribution in [-0.4, -0.2) is 9.97 Å². The molecule has 2 rings (SSSR count). The fourth-order valence-electron chi connectivity index (χ4n) is 1.52. The molecule has 0 spiro atoms. The highest BCUT2D eigenvalue weighted by Gasteiger charge is 2.08. The molecule has 18 heavy (non-hydrogen) atoms. The molecular weight excluding hydrogens is 253 g/mol. The molecular formula is C13H13ClFN3. The second-order valence-corrected chi connectivity index (χ2v) is 4.48. The number of benzene rings is 1. The third-order valence-electron chi connectivity index (χ3n) is 2.63. The molecule has 5 heteroatoms. The molecule has 0 saturated carbocycles. The SMILES string of the molecule is Cc1nc(Cl)c(C)c(Nc2ccc(C)c(F)c2)n1. The number of anilines is 2. The van der Waals surface area contributed by atoms with Gasteiger partial charge in [0.2, 0.25) is 0 Å². The van der Waals surface area contributed by atoms with E-state index in [4.69, 9.17) is 11.6 Å². The number of hydrogen-bond donors (Lipinski definition) is 1. The summed E-state index contributed by atoms with van der Waals surface area (Å²) in [6, 6.07) is 4.94. The van der Waals surface area contributed by atoms with Gasteiger partial charge in [0, 0.05) is 11.3 Å². The molecule has 1 heterocycles.